The highest BCUT2D eigenvalue weighted by atomic mass is 32.2. The third-order valence-corrected chi connectivity index (χ3v) is 5.00. The van der Waals surface area contributed by atoms with Gasteiger partial charge in [0.25, 0.3) is 0 Å². The summed E-state index contributed by atoms with van der Waals surface area (Å²) < 4.78 is 0. The van der Waals surface area contributed by atoms with Crippen molar-refractivity contribution >= 4 is 23.1 Å². The first-order valence-corrected chi connectivity index (χ1v) is 6.88. The largest absolute Gasteiger partial charge is 0.249 e. The Bertz CT molecular complexity index is 502. The minimum absolute atomic E-state index is 1.08. The molecule has 1 nitrogen and oxygen atoms in total. The van der Waals surface area contributed by atoms with Crippen molar-refractivity contribution in [2.24, 2.45) is 0 Å². The molecule has 0 fully saturated rings. The van der Waals surface area contributed by atoms with Crippen molar-refractivity contribution in [1.82, 2.24) is 4.98 Å². The lowest BCUT2D eigenvalue weighted by atomic mass is 10.1. The Morgan fingerprint density at radius 2 is 2.40 bits per heavy atom. The van der Waals surface area contributed by atoms with E-state index >= 15 is 0 Å². The summed E-state index contributed by atoms with van der Waals surface area (Å²) in [6.45, 7) is 2.22. The van der Waals surface area contributed by atoms with Crippen LogP contribution in [0.4, 0.5) is 0 Å². The lowest BCUT2D eigenvalue weighted by Crippen LogP contribution is -1.93. The van der Waals surface area contributed by atoms with Gasteiger partial charge in [0, 0.05) is 27.3 Å². The molecule has 0 amide bonds. The lowest BCUT2D eigenvalue weighted by molar-refractivity contribution is 1.12. The molecule has 0 spiro atoms. The van der Waals surface area contributed by atoms with Crippen molar-refractivity contribution in [3.05, 3.63) is 34.8 Å². The first-order valence-electron chi connectivity index (χ1n) is 5.08. The number of nitrogens with zero attached hydrogens (tertiary/aromatic N) is 1. The molecule has 0 aliphatic carbocycles. The van der Waals surface area contributed by atoms with Gasteiger partial charge in [0.15, 0.2) is 0 Å². The van der Waals surface area contributed by atoms with Crippen LogP contribution in [-0.2, 0) is 12.2 Å². The summed E-state index contributed by atoms with van der Waals surface area (Å²) >= 11 is 3.78. The second kappa shape index (κ2) is 3.65. The van der Waals surface area contributed by atoms with Gasteiger partial charge in [-0.25, -0.2) is 4.98 Å². The molecule has 2 aromatic rings. The van der Waals surface area contributed by atoms with Crippen LogP contribution < -0.4 is 0 Å². The minimum atomic E-state index is 1.08. The molecule has 0 aromatic carbocycles. The molecule has 0 bridgehead atoms. The predicted octanol–water partition coefficient (Wildman–Crippen LogP) is 3.98. The van der Waals surface area contributed by atoms with E-state index in [9.17, 15) is 0 Å². The normalized spacial score (nSPS) is 13.4. The van der Waals surface area contributed by atoms with E-state index in [1.807, 2.05) is 35.4 Å². The van der Waals surface area contributed by atoms with Gasteiger partial charge < -0.3 is 0 Å². The van der Waals surface area contributed by atoms with Crippen molar-refractivity contribution in [1.29, 1.82) is 0 Å². The molecular formula is C12H11NS2. The Hall–Kier alpha value is -0.800. The molecule has 3 rings (SSSR count). The standard InChI is InChI=1S/C12H11NS2/c1-2-9-6-8-7-14-12-10(11(8)15-9)4-3-5-13-12/h3-6H,2,7H2,1H3. The number of hydrogen-bond donors (Lipinski definition) is 0. The molecule has 2 aromatic heterocycles. The number of fused-ring (bicyclic) bond motifs is 3. The van der Waals surface area contributed by atoms with Gasteiger partial charge in [0.2, 0.25) is 0 Å². The fourth-order valence-corrected chi connectivity index (χ4v) is 4.10. The number of aromatic nitrogens is 1. The highest BCUT2D eigenvalue weighted by Gasteiger charge is 2.19. The van der Waals surface area contributed by atoms with Gasteiger partial charge in [-0.2, -0.15) is 0 Å². The number of rotatable bonds is 1. The Morgan fingerprint density at radius 3 is 3.27 bits per heavy atom. The predicted molar refractivity (Wildman–Crippen MR) is 66.5 cm³/mol. The van der Waals surface area contributed by atoms with E-state index in [1.165, 1.54) is 25.9 Å². The maximum Gasteiger partial charge on any atom is 0.105 e. The summed E-state index contributed by atoms with van der Waals surface area (Å²) in [7, 11) is 0. The molecule has 0 radical (unpaired) electrons. The van der Waals surface area contributed by atoms with Crippen molar-refractivity contribution < 1.29 is 0 Å². The minimum Gasteiger partial charge on any atom is -0.249 e. The number of pyridine rings is 1. The number of aryl methyl sites for hydroxylation is 1. The maximum atomic E-state index is 4.42. The van der Waals surface area contributed by atoms with E-state index in [1.54, 1.807) is 0 Å². The first kappa shape index (κ1) is 9.43. The van der Waals surface area contributed by atoms with Crippen LogP contribution in [0, 0.1) is 0 Å². The number of thioether (sulfide) groups is 1. The van der Waals surface area contributed by atoms with Crippen molar-refractivity contribution in [3.63, 3.8) is 0 Å². The molecule has 0 saturated carbocycles. The molecule has 15 heavy (non-hydrogen) atoms. The van der Waals surface area contributed by atoms with Crippen LogP contribution in [-0.4, -0.2) is 4.98 Å². The Kier molecular flexibility index (Phi) is 2.29. The van der Waals surface area contributed by atoms with Crippen LogP contribution in [0.2, 0.25) is 0 Å². The number of thiophene rings is 1. The highest BCUT2D eigenvalue weighted by Crippen LogP contribution is 2.44. The van der Waals surface area contributed by atoms with Gasteiger partial charge in [-0.15, -0.1) is 23.1 Å². The average Bonchev–Trinajstić information content (AvgIpc) is 2.72. The van der Waals surface area contributed by atoms with Gasteiger partial charge in [0.05, 0.1) is 0 Å². The second-order valence-electron chi connectivity index (χ2n) is 3.57. The van der Waals surface area contributed by atoms with Crippen LogP contribution in [0.3, 0.4) is 0 Å². The molecule has 1 aliphatic rings. The Balaban J connectivity index is 2.20. The molecule has 76 valence electrons. The summed E-state index contributed by atoms with van der Waals surface area (Å²) in [6, 6.07) is 6.56. The third-order valence-electron chi connectivity index (χ3n) is 2.59. The molecule has 1 aliphatic heterocycles. The molecule has 0 N–H and O–H groups in total. The zero-order valence-corrected chi connectivity index (χ0v) is 10.1. The van der Waals surface area contributed by atoms with Crippen LogP contribution >= 0.6 is 23.1 Å². The smallest absolute Gasteiger partial charge is 0.105 e. The quantitative estimate of drug-likeness (QED) is 0.739. The lowest BCUT2D eigenvalue weighted by Gasteiger charge is -2.13. The fourth-order valence-electron chi connectivity index (χ4n) is 1.82. The van der Waals surface area contributed by atoms with Crippen LogP contribution in [0.5, 0.6) is 0 Å². The third kappa shape index (κ3) is 1.50. The van der Waals surface area contributed by atoms with E-state index in [2.05, 4.69) is 24.0 Å². The topological polar surface area (TPSA) is 12.9 Å². The summed E-state index contributed by atoms with van der Waals surface area (Å²) in [5.41, 5.74) is 2.82. The van der Waals surface area contributed by atoms with Gasteiger partial charge >= 0.3 is 0 Å². The maximum absolute atomic E-state index is 4.42. The summed E-state index contributed by atoms with van der Waals surface area (Å²) in [5, 5.41) is 1.19. The van der Waals surface area contributed by atoms with Gasteiger partial charge in [-0.3, -0.25) is 0 Å². The molecule has 3 heteroatoms. The fraction of sp³-hybridized carbons (Fsp3) is 0.250. The zero-order chi connectivity index (χ0) is 10.3. The molecule has 0 saturated heterocycles. The first-order chi connectivity index (χ1) is 7.38. The summed E-state index contributed by atoms with van der Waals surface area (Å²) in [6.07, 6.45) is 3.02. The SMILES string of the molecule is CCc1cc2c(s1)-c1cccnc1SC2. The van der Waals surface area contributed by atoms with E-state index in [4.69, 9.17) is 0 Å². The van der Waals surface area contributed by atoms with E-state index in [0.717, 1.165) is 12.2 Å². The Labute approximate surface area is 97.6 Å². The average molecular weight is 233 g/mol. The monoisotopic (exact) mass is 233 g/mol. The second-order valence-corrected chi connectivity index (χ2v) is 5.67. The summed E-state index contributed by atoms with van der Waals surface area (Å²) in [4.78, 5) is 7.35. The van der Waals surface area contributed by atoms with Crippen molar-refractivity contribution in [2.75, 3.05) is 0 Å². The molecule has 0 atom stereocenters. The zero-order valence-electron chi connectivity index (χ0n) is 8.49. The molecule has 0 unspecified atom stereocenters. The molecular weight excluding hydrogens is 222 g/mol. The van der Waals surface area contributed by atoms with Crippen LogP contribution in [0.15, 0.2) is 29.4 Å². The van der Waals surface area contributed by atoms with E-state index in [0.29, 0.717) is 0 Å². The van der Waals surface area contributed by atoms with Gasteiger partial charge in [0.1, 0.15) is 5.03 Å². The number of hydrogen-bond acceptors (Lipinski definition) is 3. The van der Waals surface area contributed by atoms with Gasteiger partial charge in [-0.05, 0) is 30.2 Å². The van der Waals surface area contributed by atoms with Gasteiger partial charge in [-0.1, -0.05) is 6.92 Å². The van der Waals surface area contributed by atoms with E-state index < -0.39 is 0 Å². The van der Waals surface area contributed by atoms with Crippen LogP contribution in [0.1, 0.15) is 17.4 Å². The molecule has 3 heterocycles. The summed E-state index contributed by atoms with van der Waals surface area (Å²) in [5.74, 6) is 1.08. The highest BCUT2D eigenvalue weighted by molar-refractivity contribution is 7.98. The Morgan fingerprint density at radius 1 is 1.47 bits per heavy atom. The van der Waals surface area contributed by atoms with Crippen molar-refractivity contribution in [3.8, 4) is 10.4 Å². The van der Waals surface area contributed by atoms with Crippen molar-refractivity contribution in [2.45, 2.75) is 24.1 Å². The van der Waals surface area contributed by atoms with Crippen LogP contribution in [0.25, 0.3) is 10.4 Å². The van der Waals surface area contributed by atoms with E-state index in [-0.39, 0.29) is 0 Å².